The molecular formula is C15H12BrF3O. The zero-order chi connectivity index (χ0) is 14.8. The van der Waals surface area contributed by atoms with Crippen LogP contribution in [0, 0.1) is 6.92 Å². The van der Waals surface area contributed by atoms with Gasteiger partial charge in [0.05, 0.1) is 5.56 Å². The fourth-order valence-electron chi connectivity index (χ4n) is 1.66. The van der Waals surface area contributed by atoms with Crippen LogP contribution in [-0.4, -0.2) is 0 Å². The van der Waals surface area contributed by atoms with E-state index in [1.165, 1.54) is 12.1 Å². The Kier molecular flexibility index (Phi) is 4.38. The molecule has 0 amide bonds. The molecule has 0 aliphatic rings. The van der Waals surface area contributed by atoms with Crippen molar-refractivity contribution in [1.29, 1.82) is 0 Å². The molecule has 0 saturated heterocycles. The summed E-state index contributed by atoms with van der Waals surface area (Å²) in [6.45, 7) is 2.17. The maximum atomic E-state index is 12.4. The minimum Gasteiger partial charge on any atom is -0.489 e. The van der Waals surface area contributed by atoms with E-state index in [1.807, 2.05) is 19.1 Å². The van der Waals surface area contributed by atoms with Gasteiger partial charge in [0.25, 0.3) is 0 Å². The molecule has 0 spiro atoms. The van der Waals surface area contributed by atoms with Crippen LogP contribution in [0.3, 0.4) is 0 Å². The number of hydrogen-bond donors (Lipinski definition) is 0. The first kappa shape index (κ1) is 14.9. The van der Waals surface area contributed by atoms with Gasteiger partial charge >= 0.3 is 6.18 Å². The molecule has 0 atom stereocenters. The van der Waals surface area contributed by atoms with E-state index < -0.39 is 11.7 Å². The maximum absolute atomic E-state index is 12.4. The Bertz CT molecular complexity index is 591. The summed E-state index contributed by atoms with van der Waals surface area (Å²) in [6, 6.07) is 10.5. The monoisotopic (exact) mass is 344 g/mol. The first-order chi connectivity index (χ1) is 9.36. The van der Waals surface area contributed by atoms with Crippen molar-refractivity contribution in [3.63, 3.8) is 0 Å². The molecule has 1 nitrogen and oxygen atoms in total. The summed E-state index contributed by atoms with van der Waals surface area (Å²) >= 11 is 3.39. The highest BCUT2D eigenvalue weighted by molar-refractivity contribution is 9.10. The Hall–Kier alpha value is -1.49. The SMILES string of the molecule is Cc1cc(OCc2ccc(C(F)(F)F)cc2)ccc1Br. The molecule has 2 rings (SSSR count). The molecule has 0 saturated carbocycles. The third kappa shape index (κ3) is 3.76. The third-order valence-electron chi connectivity index (χ3n) is 2.82. The first-order valence-corrected chi connectivity index (χ1v) is 6.70. The predicted octanol–water partition coefficient (Wildman–Crippen LogP) is 5.36. The number of rotatable bonds is 3. The lowest BCUT2D eigenvalue weighted by Gasteiger charge is -2.10. The summed E-state index contributed by atoms with van der Waals surface area (Å²) in [4.78, 5) is 0. The molecule has 2 aromatic carbocycles. The van der Waals surface area contributed by atoms with Crippen LogP contribution in [0.4, 0.5) is 13.2 Å². The van der Waals surface area contributed by atoms with Crippen molar-refractivity contribution in [1.82, 2.24) is 0 Å². The molecule has 5 heteroatoms. The molecule has 0 bridgehead atoms. The number of halogens is 4. The van der Waals surface area contributed by atoms with Crippen molar-refractivity contribution in [3.8, 4) is 5.75 Å². The van der Waals surface area contributed by atoms with Crippen molar-refractivity contribution < 1.29 is 17.9 Å². The van der Waals surface area contributed by atoms with Crippen LogP contribution < -0.4 is 4.74 Å². The molecule has 20 heavy (non-hydrogen) atoms. The fraction of sp³-hybridized carbons (Fsp3) is 0.200. The van der Waals surface area contributed by atoms with E-state index in [4.69, 9.17) is 4.74 Å². The summed E-state index contributed by atoms with van der Waals surface area (Å²) in [6.07, 6.45) is -4.30. The molecule has 106 valence electrons. The lowest BCUT2D eigenvalue weighted by Crippen LogP contribution is -2.05. The van der Waals surface area contributed by atoms with E-state index in [9.17, 15) is 13.2 Å². The lowest BCUT2D eigenvalue weighted by molar-refractivity contribution is -0.137. The molecule has 2 aromatic rings. The highest BCUT2D eigenvalue weighted by atomic mass is 79.9. The van der Waals surface area contributed by atoms with Gasteiger partial charge in [-0.2, -0.15) is 13.2 Å². The van der Waals surface area contributed by atoms with Gasteiger partial charge in [-0.05, 0) is 48.4 Å². The highest BCUT2D eigenvalue weighted by Gasteiger charge is 2.29. The Morgan fingerprint density at radius 3 is 2.25 bits per heavy atom. The number of benzene rings is 2. The van der Waals surface area contributed by atoms with Crippen LogP contribution in [-0.2, 0) is 12.8 Å². The molecule has 0 unspecified atom stereocenters. The minimum absolute atomic E-state index is 0.235. The van der Waals surface area contributed by atoms with E-state index in [0.717, 1.165) is 22.2 Å². The van der Waals surface area contributed by atoms with E-state index in [0.29, 0.717) is 11.3 Å². The largest absolute Gasteiger partial charge is 0.489 e. The molecule has 0 radical (unpaired) electrons. The van der Waals surface area contributed by atoms with Crippen molar-refractivity contribution >= 4 is 15.9 Å². The van der Waals surface area contributed by atoms with Crippen LogP contribution in [0.25, 0.3) is 0 Å². The first-order valence-electron chi connectivity index (χ1n) is 5.91. The molecule has 0 N–H and O–H groups in total. The van der Waals surface area contributed by atoms with Crippen LogP contribution in [0.1, 0.15) is 16.7 Å². The number of aryl methyl sites for hydroxylation is 1. The van der Waals surface area contributed by atoms with Crippen molar-refractivity contribution in [2.75, 3.05) is 0 Å². The van der Waals surface area contributed by atoms with E-state index in [2.05, 4.69) is 15.9 Å². The van der Waals surface area contributed by atoms with Crippen molar-refractivity contribution in [2.45, 2.75) is 19.7 Å². The number of ether oxygens (including phenoxy) is 1. The summed E-state index contributed by atoms with van der Waals surface area (Å²) in [5.41, 5.74) is 1.08. The molecule has 0 aromatic heterocycles. The average molecular weight is 345 g/mol. The van der Waals surface area contributed by atoms with Crippen LogP contribution in [0.5, 0.6) is 5.75 Å². The zero-order valence-corrected chi connectivity index (χ0v) is 12.3. The summed E-state index contributed by atoms with van der Waals surface area (Å²) in [5.74, 6) is 0.686. The topological polar surface area (TPSA) is 9.23 Å². The van der Waals surface area contributed by atoms with Gasteiger partial charge in [0.15, 0.2) is 0 Å². The Morgan fingerprint density at radius 2 is 1.70 bits per heavy atom. The predicted molar refractivity (Wildman–Crippen MR) is 74.7 cm³/mol. The van der Waals surface area contributed by atoms with E-state index in [1.54, 1.807) is 6.07 Å². The highest BCUT2D eigenvalue weighted by Crippen LogP contribution is 2.29. The number of alkyl halides is 3. The zero-order valence-electron chi connectivity index (χ0n) is 10.7. The summed E-state index contributed by atoms with van der Waals surface area (Å²) in [5, 5.41) is 0. The lowest BCUT2D eigenvalue weighted by atomic mass is 10.1. The van der Waals surface area contributed by atoms with Gasteiger partial charge in [0.1, 0.15) is 12.4 Å². The molecule has 0 aliphatic carbocycles. The van der Waals surface area contributed by atoms with Gasteiger partial charge in [-0.3, -0.25) is 0 Å². The second-order valence-electron chi connectivity index (χ2n) is 4.39. The average Bonchev–Trinajstić information content (AvgIpc) is 2.40. The fourth-order valence-corrected chi connectivity index (χ4v) is 1.91. The van der Waals surface area contributed by atoms with Gasteiger partial charge in [0.2, 0.25) is 0 Å². The van der Waals surface area contributed by atoms with Crippen LogP contribution in [0.15, 0.2) is 46.9 Å². The Balaban J connectivity index is 2.02. The molecular weight excluding hydrogens is 333 g/mol. The van der Waals surface area contributed by atoms with Gasteiger partial charge in [-0.25, -0.2) is 0 Å². The van der Waals surface area contributed by atoms with Gasteiger partial charge in [0, 0.05) is 4.47 Å². The minimum atomic E-state index is -4.30. The van der Waals surface area contributed by atoms with Crippen molar-refractivity contribution in [3.05, 3.63) is 63.6 Å². The van der Waals surface area contributed by atoms with E-state index in [-0.39, 0.29) is 6.61 Å². The second-order valence-corrected chi connectivity index (χ2v) is 5.25. The summed E-state index contributed by atoms with van der Waals surface area (Å²) in [7, 11) is 0. The van der Waals surface area contributed by atoms with Crippen LogP contribution in [0.2, 0.25) is 0 Å². The molecule has 0 heterocycles. The normalized spacial score (nSPS) is 11.4. The van der Waals surface area contributed by atoms with Gasteiger partial charge in [-0.1, -0.05) is 28.1 Å². The summed E-state index contributed by atoms with van der Waals surface area (Å²) < 4.78 is 43.8. The third-order valence-corrected chi connectivity index (χ3v) is 3.71. The van der Waals surface area contributed by atoms with Gasteiger partial charge in [-0.15, -0.1) is 0 Å². The smallest absolute Gasteiger partial charge is 0.416 e. The maximum Gasteiger partial charge on any atom is 0.416 e. The Morgan fingerprint density at radius 1 is 1.05 bits per heavy atom. The van der Waals surface area contributed by atoms with E-state index >= 15 is 0 Å². The second kappa shape index (κ2) is 5.87. The van der Waals surface area contributed by atoms with Gasteiger partial charge < -0.3 is 4.74 Å². The molecule has 0 fully saturated rings. The number of hydrogen-bond acceptors (Lipinski definition) is 1. The molecule has 0 aliphatic heterocycles. The standard InChI is InChI=1S/C15H12BrF3O/c1-10-8-13(6-7-14(10)16)20-9-11-2-4-12(5-3-11)15(17,18)19/h2-8H,9H2,1H3. The Labute approximate surface area is 123 Å². The quantitative estimate of drug-likeness (QED) is 0.728. The van der Waals surface area contributed by atoms with Crippen molar-refractivity contribution in [2.24, 2.45) is 0 Å². The van der Waals surface area contributed by atoms with Crippen LogP contribution >= 0.6 is 15.9 Å².